The molecule has 1 aromatic carbocycles. The normalized spacial score (nSPS) is 12.8. The van der Waals surface area contributed by atoms with Gasteiger partial charge in [0.05, 0.1) is 11.4 Å². The molecule has 0 unspecified atom stereocenters. The fourth-order valence-electron chi connectivity index (χ4n) is 2.21. The summed E-state index contributed by atoms with van der Waals surface area (Å²) < 4.78 is 13.2. The van der Waals surface area contributed by atoms with Crippen molar-refractivity contribution in [3.05, 3.63) is 72.6 Å². The van der Waals surface area contributed by atoms with Gasteiger partial charge in [0, 0.05) is 16.6 Å². The number of aromatic nitrogens is 2. The Hall–Kier alpha value is -2.62. The van der Waals surface area contributed by atoms with Crippen LogP contribution in [0.5, 0.6) is 0 Å². The SMILES string of the molecule is C=C/C=C(\C=C/N)c1[nH]c(C(C)(C)C)nc1-c1ccc(F)cc1. The van der Waals surface area contributed by atoms with Crippen LogP contribution in [0.1, 0.15) is 32.3 Å². The molecule has 3 nitrogen and oxygen atoms in total. The van der Waals surface area contributed by atoms with E-state index in [0.717, 1.165) is 28.3 Å². The predicted molar refractivity (Wildman–Crippen MR) is 94.2 cm³/mol. The van der Waals surface area contributed by atoms with Crippen LogP contribution in [-0.2, 0) is 5.41 Å². The van der Waals surface area contributed by atoms with Crippen LogP contribution in [0.15, 0.2) is 55.3 Å². The van der Waals surface area contributed by atoms with Gasteiger partial charge in [-0.05, 0) is 36.5 Å². The van der Waals surface area contributed by atoms with Crippen LogP contribution in [0.3, 0.4) is 0 Å². The number of rotatable bonds is 4. The first kappa shape index (κ1) is 16.7. The third kappa shape index (κ3) is 3.77. The van der Waals surface area contributed by atoms with Gasteiger partial charge in [0.2, 0.25) is 0 Å². The Morgan fingerprint density at radius 3 is 2.43 bits per heavy atom. The molecule has 0 atom stereocenters. The summed E-state index contributed by atoms with van der Waals surface area (Å²) in [5.74, 6) is 0.581. The predicted octanol–water partition coefficient (Wildman–Crippen LogP) is 4.56. The molecule has 23 heavy (non-hydrogen) atoms. The molecule has 2 aromatic rings. The highest BCUT2D eigenvalue weighted by molar-refractivity contribution is 5.82. The second-order valence-corrected chi connectivity index (χ2v) is 6.28. The molecule has 0 amide bonds. The van der Waals surface area contributed by atoms with Crippen molar-refractivity contribution in [2.24, 2.45) is 5.73 Å². The van der Waals surface area contributed by atoms with E-state index in [1.54, 1.807) is 24.3 Å². The Morgan fingerprint density at radius 1 is 1.26 bits per heavy atom. The lowest BCUT2D eigenvalue weighted by molar-refractivity contribution is 0.552. The van der Waals surface area contributed by atoms with E-state index in [1.807, 2.05) is 6.08 Å². The molecule has 0 aliphatic heterocycles. The lowest BCUT2D eigenvalue weighted by Crippen LogP contribution is -2.13. The summed E-state index contributed by atoms with van der Waals surface area (Å²) >= 11 is 0. The maximum absolute atomic E-state index is 13.2. The van der Waals surface area contributed by atoms with E-state index in [1.165, 1.54) is 18.3 Å². The largest absolute Gasteiger partial charge is 0.405 e. The molecule has 120 valence electrons. The number of allylic oxidation sites excluding steroid dienone is 4. The molecule has 0 aliphatic rings. The van der Waals surface area contributed by atoms with E-state index >= 15 is 0 Å². The van der Waals surface area contributed by atoms with Crippen molar-refractivity contribution in [2.75, 3.05) is 0 Å². The molecule has 0 saturated carbocycles. The fourth-order valence-corrected chi connectivity index (χ4v) is 2.21. The third-order valence-electron chi connectivity index (χ3n) is 3.39. The molecule has 0 saturated heterocycles. The van der Waals surface area contributed by atoms with Crippen LogP contribution in [0.2, 0.25) is 0 Å². The fraction of sp³-hybridized carbons (Fsp3) is 0.211. The lowest BCUT2D eigenvalue weighted by atomic mass is 9.96. The van der Waals surface area contributed by atoms with Gasteiger partial charge < -0.3 is 10.7 Å². The Kier molecular flexibility index (Phi) is 4.84. The van der Waals surface area contributed by atoms with E-state index < -0.39 is 0 Å². The van der Waals surface area contributed by atoms with Crippen LogP contribution in [0.4, 0.5) is 4.39 Å². The highest BCUT2D eigenvalue weighted by atomic mass is 19.1. The highest BCUT2D eigenvalue weighted by Gasteiger charge is 2.22. The van der Waals surface area contributed by atoms with E-state index in [2.05, 4.69) is 32.3 Å². The van der Waals surface area contributed by atoms with Gasteiger partial charge in [0.25, 0.3) is 0 Å². The molecule has 0 radical (unpaired) electrons. The number of nitrogens with one attached hydrogen (secondary N) is 1. The summed E-state index contributed by atoms with van der Waals surface area (Å²) in [4.78, 5) is 8.12. The summed E-state index contributed by atoms with van der Waals surface area (Å²) in [6.45, 7) is 9.99. The van der Waals surface area contributed by atoms with Crippen LogP contribution >= 0.6 is 0 Å². The maximum atomic E-state index is 13.2. The molecule has 3 N–H and O–H groups in total. The quantitative estimate of drug-likeness (QED) is 0.814. The summed E-state index contributed by atoms with van der Waals surface area (Å²) in [6, 6.07) is 6.30. The van der Waals surface area contributed by atoms with Crippen LogP contribution in [-0.4, -0.2) is 9.97 Å². The molecule has 0 aliphatic carbocycles. The Morgan fingerprint density at radius 2 is 1.91 bits per heavy atom. The van der Waals surface area contributed by atoms with Gasteiger partial charge >= 0.3 is 0 Å². The maximum Gasteiger partial charge on any atom is 0.123 e. The average molecular weight is 311 g/mol. The number of nitrogens with two attached hydrogens (primary N) is 1. The first-order valence-electron chi connectivity index (χ1n) is 7.44. The van der Waals surface area contributed by atoms with Crippen molar-refractivity contribution < 1.29 is 4.39 Å². The average Bonchev–Trinajstić information content (AvgIpc) is 2.93. The zero-order valence-corrected chi connectivity index (χ0v) is 13.7. The lowest BCUT2D eigenvalue weighted by Gasteiger charge is -2.14. The number of nitrogens with zero attached hydrogens (tertiary/aromatic N) is 1. The molecular formula is C19H22FN3. The topological polar surface area (TPSA) is 54.7 Å². The smallest absolute Gasteiger partial charge is 0.123 e. The minimum Gasteiger partial charge on any atom is -0.405 e. The van der Waals surface area contributed by atoms with Gasteiger partial charge in [-0.3, -0.25) is 0 Å². The van der Waals surface area contributed by atoms with Crippen molar-refractivity contribution in [3.8, 4) is 11.3 Å². The summed E-state index contributed by atoms with van der Waals surface area (Å²) in [6.07, 6.45) is 6.81. The summed E-state index contributed by atoms with van der Waals surface area (Å²) in [5.41, 5.74) is 8.73. The van der Waals surface area contributed by atoms with Gasteiger partial charge in [0.15, 0.2) is 0 Å². The molecule has 0 bridgehead atoms. The molecule has 4 heteroatoms. The van der Waals surface area contributed by atoms with Gasteiger partial charge in [-0.2, -0.15) is 0 Å². The molecule has 2 rings (SSSR count). The monoisotopic (exact) mass is 311 g/mol. The number of aromatic amines is 1. The van der Waals surface area contributed by atoms with Gasteiger partial charge in [-0.15, -0.1) is 0 Å². The summed E-state index contributed by atoms with van der Waals surface area (Å²) in [5, 5.41) is 0. The Balaban J connectivity index is 2.68. The van der Waals surface area contributed by atoms with E-state index in [4.69, 9.17) is 10.7 Å². The Bertz CT molecular complexity index is 744. The molecular weight excluding hydrogens is 289 g/mol. The van der Waals surface area contributed by atoms with Crippen LogP contribution in [0, 0.1) is 5.82 Å². The Labute approximate surface area is 136 Å². The van der Waals surface area contributed by atoms with Gasteiger partial charge in [-0.25, -0.2) is 9.37 Å². The van der Waals surface area contributed by atoms with Crippen molar-refractivity contribution in [3.63, 3.8) is 0 Å². The zero-order chi connectivity index (χ0) is 17.0. The van der Waals surface area contributed by atoms with Crippen molar-refractivity contribution >= 4 is 5.57 Å². The van der Waals surface area contributed by atoms with E-state index in [9.17, 15) is 4.39 Å². The first-order valence-corrected chi connectivity index (χ1v) is 7.44. The standard InChI is InChI=1S/C19H22FN3/c1-5-6-13(11-12-21)16-17(14-7-9-15(20)10-8-14)23-18(22-16)19(2,3)4/h5-12H,1,21H2,2-4H3,(H,22,23)/b12-11-,13-6+. The zero-order valence-electron chi connectivity index (χ0n) is 13.7. The van der Waals surface area contributed by atoms with E-state index in [0.29, 0.717) is 0 Å². The molecule has 1 aromatic heterocycles. The van der Waals surface area contributed by atoms with Gasteiger partial charge in [-0.1, -0.05) is 39.5 Å². The highest BCUT2D eigenvalue weighted by Crippen LogP contribution is 2.31. The van der Waals surface area contributed by atoms with Crippen molar-refractivity contribution in [2.45, 2.75) is 26.2 Å². The number of hydrogen-bond acceptors (Lipinski definition) is 2. The number of halogens is 1. The number of benzene rings is 1. The number of imidazole rings is 1. The number of hydrogen-bond donors (Lipinski definition) is 2. The van der Waals surface area contributed by atoms with Crippen LogP contribution < -0.4 is 5.73 Å². The third-order valence-corrected chi connectivity index (χ3v) is 3.39. The summed E-state index contributed by atoms with van der Waals surface area (Å²) in [7, 11) is 0. The minimum absolute atomic E-state index is 0.140. The van der Waals surface area contributed by atoms with Crippen molar-refractivity contribution in [1.82, 2.24) is 9.97 Å². The van der Waals surface area contributed by atoms with Crippen molar-refractivity contribution in [1.29, 1.82) is 0 Å². The second kappa shape index (κ2) is 6.65. The van der Waals surface area contributed by atoms with Gasteiger partial charge in [0.1, 0.15) is 11.6 Å². The minimum atomic E-state index is -0.273. The van der Waals surface area contributed by atoms with Crippen LogP contribution in [0.25, 0.3) is 16.8 Å². The first-order chi connectivity index (χ1) is 10.9. The van der Waals surface area contributed by atoms with E-state index in [-0.39, 0.29) is 11.2 Å². The second-order valence-electron chi connectivity index (χ2n) is 6.28. The molecule has 0 spiro atoms. The number of H-pyrrole nitrogens is 1. The molecule has 0 fully saturated rings. The molecule has 1 heterocycles.